The van der Waals surface area contributed by atoms with Gasteiger partial charge in [0.1, 0.15) is 12.6 Å². The zero-order valence-corrected chi connectivity index (χ0v) is 37.5. The zero-order chi connectivity index (χ0) is 43.7. The van der Waals surface area contributed by atoms with Gasteiger partial charge in [-0.1, -0.05) is 146 Å². The second kappa shape index (κ2) is 40.5. The molecule has 0 aromatic heterocycles. The van der Waals surface area contributed by atoms with Crippen molar-refractivity contribution in [2.75, 3.05) is 19.8 Å². The van der Waals surface area contributed by atoms with Crippen molar-refractivity contribution in [3.63, 3.8) is 0 Å². The van der Waals surface area contributed by atoms with Crippen molar-refractivity contribution < 1.29 is 52.3 Å². The Bertz CT molecular complexity index is 1250. The minimum atomic E-state index is -4.74. The van der Waals surface area contributed by atoms with Gasteiger partial charge in [0.25, 0.3) is 0 Å². The van der Waals surface area contributed by atoms with Crippen LogP contribution in [0.15, 0.2) is 48.6 Å². The molecule has 0 rings (SSSR count). The molecule has 13 heteroatoms. The summed E-state index contributed by atoms with van der Waals surface area (Å²) in [6.07, 6.45) is 41.5. The van der Waals surface area contributed by atoms with Crippen LogP contribution < -0.4 is 5.73 Å². The molecule has 12 nitrogen and oxygen atoms in total. The number of phosphoric acid groups is 1. The van der Waals surface area contributed by atoms with Crippen molar-refractivity contribution >= 4 is 31.5 Å². The number of phosphoric ester groups is 1. The zero-order valence-electron chi connectivity index (χ0n) is 36.6. The van der Waals surface area contributed by atoms with E-state index in [1.165, 1.54) is 51.4 Å². The van der Waals surface area contributed by atoms with Crippen LogP contribution in [0.1, 0.15) is 187 Å². The molecule has 0 saturated heterocycles. The maximum atomic E-state index is 12.6. The third kappa shape index (κ3) is 40.3. The Balaban J connectivity index is 4.40. The highest BCUT2D eigenvalue weighted by atomic mass is 31.2. The molecule has 0 radical (unpaired) electrons. The Morgan fingerprint density at radius 3 is 1.63 bits per heavy atom. The predicted octanol–water partition coefficient (Wildman–Crippen LogP) is 11.4. The Kier molecular flexibility index (Phi) is 38.5. The van der Waals surface area contributed by atoms with Crippen LogP contribution in [0.4, 0.5) is 0 Å². The number of hydrogen-bond donors (Lipinski definition) is 3. The summed E-state index contributed by atoms with van der Waals surface area (Å²) in [7, 11) is -4.74. The second-order valence-electron chi connectivity index (χ2n) is 15.2. The molecule has 0 heterocycles. The topological polar surface area (TPSA) is 189 Å². The highest BCUT2D eigenvalue weighted by Gasteiger charge is 2.28. The standard InChI is InChI=1S/C46H80NO11P/c1-3-5-7-8-9-10-11-12-13-14-15-16-17-18-19-22-26-29-33-37-45(50)58-42(39-56-59(53,54)57-40-43(47)46(51)52)38-55-44(49)36-32-28-25-23-20-21-24-27-31-35-41(48)34-30-6-4-2/h9-10,12-13,24,27,31,35,42-43H,3-8,11,14-23,25-26,28-30,32-34,36-40,47H2,1-2H3,(H,51,52)(H,53,54)/b10-9-,13-12-,27-24-,35-31+/t42-,43+/m1/s1. The van der Waals surface area contributed by atoms with Crippen LogP contribution in [0, 0.1) is 0 Å². The summed E-state index contributed by atoms with van der Waals surface area (Å²) in [4.78, 5) is 57.7. The van der Waals surface area contributed by atoms with Gasteiger partial charge in [-0.2, -0.15) is 0 Å². The molecule has 340 valence electrons. The minimum absolute atomic E-state index is 0.138. The molecule has 59 heavy (non-hydrogen) atoms. The quantitative estimate of drug-likeness (QED) is 0.0132. The minimum Gasteiger partial charge on any atom is -0.480 e. The molecule has 0 aromatic carbocycles. The van der Waals surface area contributed by atoms with Gasteiger partial charge in [-0.15, -0.1) is 0 Å². The number of carboxylic acid groups (broad SMARTS) is 1. The fourth-order valence-electron chi connectivity index (χ4n) is 5.90. The van der Waals surface area contributed by atoms with E-state index in [4.69, 9.17) is 24.8 Å². The lowest BCUT2D eigenvalue weighted by Crippen LogP contribution is -2.34. The Morgan fingerprint density at radius 2 is 1.05 bits per heavy atom. The van der Waals surface area contributed by atoms with Gasteiger partial charge < -0.3 is 25.2 Å². The van der Waals surface area contributed by atoms with E-state index in [0.717, 1.165) is 89.9 Å². The number of nitrogens with two attached hydrogens (primary N) is 1. The highest BCUT2D eigenvalue weighted by Crippen LogP contribution is 2.43. The van der Waals surface area contributed by atoms with Crippen LogP contribution in [0.3, 0.4) is 0 Å². The number of carbonyl (C=O) groups is 4. The summed E-state index contributed by atoms with van der Waals surface area (Å²) in [6.45, 7) is 2.58. The van der Waals surface area contributed by atoms with Crippen LogP contribution in [0.5, 0.6) is 0 Å². The van der Waals surface area contributed by atoms with E-state index in [0.29, 0.717) is 19.3 Å². The van der Waals surface area contributed by atoms with Crippen molar-refractivity contribution in [2.45, 2.75) is 199 Å². The third-order valence-electron chi connectivity index (χ3n) is 9.53. The number of esters is 2. The van der Waals surface area contributed by atoms with Crippen LogP contribution in [-0.2, 0) is 42.3 Å². The van der Waals surface area contributed by atoms with Crippen LogP contribution in [-0.4, -0.2) is 65.7 Å². The van der Waals surface area contributed by atoms with Crippen molar-refractivity contribution in [3.05, 3.63) is 48.6 Å². The molecule has 0 aliphatic heterocycles. The summed E-state index contributed by atoms with van der Waals surface area (Å²) in [6, 6.07) is -1.54. The van der Waals surface area contributed by atoms with Crippen molar-refractivity contribution in [2.24, 2.45) is 5.73 Å². The Labute approximate surface area is 356 Å². The van der Waals surface area contributed by atoms with Crippen LogP contribution in [0.2, 0.25) is 0 Å². The normalized spacial score (nSPS) is 14.0. The first-order valence-electron chi connectivity index (χ1n) is 22.6. The summed E-state index contributed by atoms with van der Waals surface area (Å²) < 4.78 is 32.7. The van der Waals surface area contributed by atoms with Crippen molar-refractivity contribution in [1.29, 1.82) is 0 Å². The average Bonchev–Trinajstić information content (AvgIpc) is 3.20. The first-order valence-corrected chi connectivity index (χ1v) is 24.1. The summed E-state index contributed by atoms with van der Waals surface area (Å²) in [5, 5.41) is 8.89. The summed E-state index contributed by atoms with van der Waals surface area (Å²) in [5.74, 6) is -2.30. The molecule has 0 aliphatic rings. The number of aliphatic carboxylic acids is 1. The van der Waals surface area contributed by atoms with E-state index < -0.39 is 51.1 Å². The number of allylic oxidation sites excluding steroid dienone is 8. The summed E-state index contributed by atoms with van der Waals surface area (Å²) in [5.41, 5.74) is 5.33. The van der Waals surface area contributed by atoms with Gasteiger partial charge in [-0.05, 0) is 70.3 Å². The second-order valence-corrected chi connectivity index (χ2v) is 16.7. The fraction of sp³-hybridized carbons (Fsp3) is 0.739. The van der Waals surface area contributed by atoms with Crippen molar-refractivity contribution in [3.8, 4) is 0 Å². The Morgan fingerprint density at radius 1 is 0.576 bits per heavy atom. The molecule has 0 amide bonds. The molecule has 3 atom stereocenters. The van der Waals surface area contributed by atoms with Gasteiger partial charge in [0, 0.05) is 19.3 Å². The van der Waals surface area contributed by atoms with Gasteiger partial charge in [-0.25, -0.2) is 4.57 Å². The molecular formula is C46H80NO11P. The first-order chi connectivity index (χ1) is 28.5. The highest BCUT2D eigenvalue weighted by molar-refractivity contribution is 7.47. The number of unbranched alkanes of at least 4 members (excludes halogenated alkanes) is 19. The maximum absolute atomic E-state index is 12.6. The first kappa shape index (κ1) is 56.1. The van der Waals surface area contributed by atoms with Gasteiger partial charge >= 0.3 is 25.7 Å². The predicted molar refractivity (Wildman–Crippen MR) is 236 cm³/mol. The fourth-order valence-corrected chi connectivity index (χ4v) is 6.68. The van der Waals surface area contributed by atoms with E-state index in [1.54, 1.807) is 12.2 Å². The van der Waals surface area contributed by atoms with Crippen LogP contribution >= 0.6 is 7.82 Å². The smallest absolute Gasteiger partial charge is 0.472 e. The van der Waals surface area contributed by atoms with Gasteiger partial charge in [0.05, 0.1) is 13.2 Å². The summed E-state index contributed by atoms with van der Waals surface area (Å²) >= 11 is 0. The molecule has 0 aromatic rings. The number of ether oxygens (including phenoxy) is 2. The third-order valence-corrected chi connectivity index (χ3v) is 10.5. The lowest BCUT2D eigenvalue weighted by molar-refractivity contribution is -0.161. The number of carbonyl (C=O) groups excluding carboxylic acids is 3. The maximum Gasteiger partial charge on any atom is 0.472 e. The lowest BCUT2D eigenvalue weighted by atomic mass is 10.1. The number of carboxylic acids is 1. The van der Waals surface area contributed by atoms with Gasteiger partial charge in [0.15, 0.2) is 11.9 Å². The molecule has 4 N–H and O–H groups in total. The number of hydrogen-bond acceptors (Lipinski definition) is 10. The molecule has 0 saturated carbocycles. The molecular weight excluding hydrogens is 773 g/mol. The largest absolute Gasteiger partial charge is 0.480 e. The van der Waals surface area contributed by atoms with Crippen LogP contribution in [0.25, 0.3) is 0 Å². The Hall–Kier alpha value is -2.89. The molecule has 0 spiro atoms. The number of ketones is 1. The van der Waals surface area contributed by atoms with Gasteiger partial charge in [-0.3, -0.25) is 28.2 Å². The van der Waals surface area contributed by atoms with Gasteiger partial charge in [0.2, 0.25) is 0 Å². The SMILES string of the molecule is CCCCC/C=C\C/C=C\CCCCCCCCCCCC(=O)O[C@H](COC(=O)CCCCCCC/C=C\C=C\C(=O)CCCCC)COP(=O)(O)OC[C@H](N)C(=O)O. The van der Waals surface area contributed by atoms with E-state index in [-0.39, 0.29) is 25.2 Å². The molecule has 0 fully saturated rings. The average molecular weight is 854 g/mol. The van der Waals surface area contributed by atoms with E-state index in [2.05, 4.69) is 42.7 Å². The number of rotatable bonds is 42. The van der Waals surface area contributed by atoms with E-state index >= 15 is 0 Å². The van der Waals surface area contributed by atoms with Crippen molar-refractivity contribution in [1.82, 2.24) is 0 Å². The van der Waals surface area contributed by atoms with E-state index in [1.807, 2.05) is 12.2 Å². The molecule has 1 unspecified atom stereocenters. The monoisotopic (exact) mass is 854 g/mol. The van der Waals surface area contributed by atoms with E-state index in [9.17, 15) is 28.6 Å². The molecule has 0 bridgehead atoms. The lowest BCUT2D eigenvalue weighted by Gasteiger charge is -2.20. The molecule has 0 aliphatic carbocycles.